The summed E-state index contributed by atoms with van der Waals surface area (Å²) in [6, 6.07) is 7.40. The van der Waals surface area contributed by atoms with Crippen molar-refractivity contribution in [3.05, 3.63) is 68.0 Å². The van der Waals surface area contributed by atoms with E-state index in [2.05, 4.69) is 0 Å². The monoisotopic (exact) mass is 457 g/mol. The fourth-order valence-corrected chi connectivity index (χ4v) is 4.23. The average molecular weight is 458 g/mol. The largest absolute Gasteiger partial charge is 0.504 e. The van der Waals surface area contributed by atoms with Crippen molar-refractivity contribution in [3.63, 3.8) is 0 Å². The maximum atomic E-state index is 13.6. The summed E-state index contributed by atoms with van der Waals surface area (Å²) in [6.07, 6.45) is 0.585. The van der Waals surface area contributed by atoms with Crippen LogP contribution in [0.25, 0.3) is 11.0 Å². The number of carbonyl (C=O) groups excluding carboxylic acids is 1. The fourth-order valence-electron chi connectivity index (χ4n) is 4.07. The Labute approximate surface area is 190 Å². The molecule has 0 aliphatic carbocycles. The second-order valence-corrected chi connectivity index (χ2v) is 8.09. The molecule has 0 saturated carbocycles. The standard InChI is InChI=1S/C24H24ClNO6/c1-4-31-19-11-14(6-7-17(19)27)21-20-22(28)15-12-16(25)13(2)10-18(15)32-23(20)24(29)26(21)8-5-9-30-3/h6-7,10-12,21,27H,4-5,8-9H2,1-3H3/t21-/m1/s1. The highest BCUT2D eigenvalue weighted by molar-refractivity contribution is 6.32. The van der Waals surface area contributed by atoms with Crippen LogP contribution in [0.5, 0.6) is 11.5 Å². The Kier molecular flexibility index (Phi) is 6.13. The van der Waals surface area contributed by atoms with Crippen molar-refractivity contribution < 1.29 is 23.8 Å². The number of aryl methyl sites for hydroxylation is 1. The second-order valence-electron chi connectivity index (χ2n) is 7.68. The van der Waals surface area contributed by atoms with Gasteiger partial charge in [0.05, 0.1) is 23.6 Å². The third kappa shape index (κ3) is 3.72. The van der Waals surface area contributed by atoms with Gasteiger partial charge in [0.25, 0.3) is 5.91 Å². The Morgan fingerprint density at radius 3 is 2.72 bits per heavy atom. The van der Waals surface area contributed by atoms with E-state index in [1.165, 1.54) is 6.07 Å². The minimum absolute atomic E-state index is 0.0149. The summed E-state index contributed by atoms with van der Waals surface area (Å²) < 4.78 is 16.6. The lowest BCUT2D eigenvalue weighted by Gasteiger charge is -2.25. The van der Waals surface area contributed by atoms with Crippen LogP contribution in [0, 0.1) is 6.92 Å². The fraction of sp³-hybridized carbons (Fsp3) is 0.333. The molecule has 2 heterocycles. The third-order valence-corrected chi connectivity index (χ3v) is 6.00. The molecule has 1 aromatic heterocycles. The van der Waals surface area contributed by atoms with Crippen molar-refractivity contribution in [2.24, 2.45) is 0 Å². The number of fused-ring (bicyclic) bond motifs is 2. The van der Waals surface area contributed by atoms with E-state index in [1.54, 1.807) is 36.3 Å². The maximum absolute atomic E-state index is 13.6. The Hall–Kier alpha value is -3.03. The summed E-state index contributed by atoms with van der Waals surface area (Å²) in [4.78, 5) is 28.5. The van der Waals surface area contributed by atoms with E-state index in [0.717, 1.165) is 5.56 Å². The first kappa shape index (κ1) is 22.2. The molecular weight excluding hydrogens is 434 g/mol. The van der Waals surface area contributed by atoms with E-state index < -0.39 is 6.04 Å². The number of halogens is 1. The van der Waals surface area contributed by atoms with Crippen LogP contribution in [0.3, 0.4) is 0 Å². The highest BCUT2D eigenvalue weighted by Gasteiger charge is 2.42. The van der Waals surface area contributed by atoms with Gasteiger partial charge in [0, 0.05) is 25.3 Å². The second kappa shape index (κ2) is 8.84. The van der Waals surface area contributed by atoms with E-state index in [0.29, 0.717) is 47.7 Å². The van der Waals surface area contributed by atoms with Gasteiger partial charge in [0.15, 0.2) is 16.9 Å². The molecule has 0 fully saturated rings. The van der Waals surface area contributed by atoms with Gasteiger partial charge in [-0.3, -0.25) is 9.59 Å². The van der Waals surface area contributed by atoms with Crippen molar-refractivity contribution >= 4 is 28.5 Å². The van der Waals surface area contributed by atoms with Crippen molar-refractivity contribution in [2.45, 2.75) is 26.3 Å². The number of aromatic hydroxyl groups is 1. The lowest BCUT2D eigenvalue weighted by molar-refractivity contribution is 0.0707. The smallest absolute Gasteiger partial charge is 0.290 e. The molecule has 4 rings (SSSR count). The van der Waals surface area contributed by atoms with Gasteiger partial charge in [-0.2, -0.15) is 0 Å². The number of methoxy groups -OCH3 is 1. The molecule has 8 heteroatoms. The quantitative estimate of drug-likeness (QED) is 0.527. The molecular formula is C24H24ClNO6. The molecule has 0 unspecified atom stereocenters. The van der Waals surface area contributed by atoms with E-state index in [1.807, 2.05) is 13.8 Å². The van der Waals surface area contributed by atoms with Gasteiger partial charge in [0.1, 0.15) is 5.58 Å². The van der Waals surface area contributed by atoms with E-state index in [-0.39, 0.29) is 34.2 Å². The van der Waals surface area contributed by atoms with Gasteiger partial charge in [-0.05, 0) is 55.7 Å². The van der Waals surface area contributed by atoms with Crippen LogP contribution in [0.4, 0.5) is 0 Å². The van der Waals surface area contributed by atoms with Crippen LogP contribution in [0.2, 0.25) is 5.02 Å². The topological polar surface area (TPSA) is 89.2 Å². The first-order chi connectivity index (χ1) is 15.4. The summed E-state index contributed by atoms with van der Waals surface area (Å²) in [5, 5.41) is 10.9. The lowest BCUT2D eigenvalue weighted by atomic mass is 9.97. The van der Waals surface area contributed by atoms with Crippen LogP contribution in [0.1, 0.15) is 46.6 Å². The Bertz CT molecular complexity index is 1250. The summed E-state index contributed by atoms with van der Waals surface area (Å²) in [5.41, 5.74) is 1.67. The predicted octanol–water partition coefficient (Wildman–Crippen LogP) is 4.44. The van der Waals surface area contributed by atoms with Crippen molar-refractivity contribution in [2.75, 3.05) is 26.9 Å². The minimum atomic E-state index is -0.685. The summed E-state index contributed by atoms with van der Waals surface area (Å²) in [6.45, 7) is 4.80. The number of phenolic OH excluding ortho intramolecular Hbond substituents is 1. The molecule has 0 spiro atoms. The summed E-state index contributed by atoms with van der Waals surface area (Å²) >= 11 is 6.26. The van der Waals surface area contributed by atoms with Gasteiger partial charge >= 0.3 is 0 Å². The summed E-state index contributed by atoms with van der Waals surface area (Å²) in [5.74, 6) is -0.0677. The normalized spacial score (nSPS) is 15.4. The van der Waals surface area contributed by atoms with Crippen LogP contribution in [-0.4, -0.2) is 42.8 Å². The van der Waals surface area contributed by atoms with Gasteiger partial charge in [0.2, 0.25) is 5.76 Å². The molecule has 32 heavy (non-hydrogen) atoms. The van der Waals surface area contributed by atoms with Crippen LogP contribution in [0.15, 0.2) is 39.5 Å². The number of nitrogens with zero attached hydrogens (tertiary/aromatic N) is 1. The molecule has 2 aromatic carbocycles. The molecule has 1 aliphatic rings. The molecule has 3 aromatic rings. The Morgan fingerprint density at radius 1 is 1.22 bits per heavy atom. The molecule has 168 valence electrons. The maximum Gasteiger partial charge on any atom is 0.290 e. The molecule has 1 atom stereocenters. The molecule has 0 saturated heterocycles. The number of hydrogen-bond acceptors (Lipinski definition) is 6. The lowest BCUT2D eigenvalue weighted by Crippen LogP contribution is -2.31. The van der Waals surface area contributed by atoms with E-state index in [4.69, 9.17) is 25.5 Å². The zero-order chi connectivity index (χ0) is 23.0. The van der Waals surface area contributed by atoms with Gasteiger partial charge in [-0.25, -0.2) is 0 Å². The number of hydrogen-bond donors (Lipinski definition) is 1. The minimum Gasteiger partial charge on any atom is -0.504 e. The zero-order valence-corrected chi connectivity index (χ0v) is 18.9. The van der Waals surface area contributed by atoms with Crippen LogP contribution in [-0.2, 0) is 4.74 Å². The van der Waals surface area contributed by atoms with Crippen molar-refractivity contribution in [1.82, 2.24) is 4.90 Å². The van der Waals surface area contributed by atoms with Crippen LogP contribution < -0.4 is 10.2 Å². The number of carbonyl (C=O) groups is 1. The van der Waals surface area contributed by atoms with E-state index in [9.17, 15) is 14.7 Å². The van der Waals surface area contributed by atoms with Gasteiger partial charge in [-0.1, -0.05) is 17.7 Å². The summed E-state index contributed by atoms with van der Waals surface area (Å²) in [7, 11) is 1.59. The number of rotatable bonds is 7. The number of phenols is 1. The third-order valence-electron chi connectivity index (χ3n) is 5.59. The highest BCUT2D eigenvalue weighted by Crippen LogP contribution is 2.41. The molecule has 7 nitrogen and oxygen atoms in total. The SMILES string of the molecule is CCOc1cc([C@@H]2c3c(oc4cc(C)c(Cl)cc4c3=O)C(=O)N2CCCOC)ccc1O. The molecule has 1 amide bonds. The molecule has 1 N–H and O–H groups in total. The number of amides is 1. The van der Waals surface area contributed by atoms with Crippen molar-refractivity contribution in [1.29, 1.82) is 0 Å². The average Bonchev–Trinajstić information content (AvgIpc) is 3.04. The number of benzene rings is 2. The molecule has 0 radical (unpaired) electrons. The number of ether oxygens (including phenoxy) is 2. The first-order valence-corrected chi connectivity index (χ1v) is 10.8. The first-order valence-electron chi connectivity index (χ1n) is 10.4. The van der Waals surface area contributed by atoms with Crippen LogP contribution >= 0.6 is 11.6 Å². The van der Waals surface area contributed by atoms with Gasteiger partial charge < -0.3 is 23.9 Å². The highest BCUT2D eigenvalue weighted by atomic mass is 35.5. The Morgan fingerprint density at radius 2 is 2.00 bits per heavy atom. The Balaban J connectivity index is 1.93. The van der Waals surface area contributed by atoms with Gasteiger partial charge in [-0.15, -0.1) is 0 Å². The predicted molar refractivity (Wildman–Crippen MR) is 121 cm³/mol. The van der Waals surface area contributed by atoms with E-state index >= 15 is 0 Å². The zero-order valence-electron chi connectivity index (χ0n) is 18.1. The molecule has 0 bridgehead atoms. The van der Waals surface area contributed by atoms with Crippen molar-refractivity contribution in [3.8, 4) is 11.5 Å². The molecule has 1 aliphatic heterocycles.